The molecule has 2 heterocycles. The van der Waals surface area contributed by atoms with Gasteiger partial charge >= 0.3 is 0 Å². The molecule has 122 valence electrons. The molecule has 1 N–H and O–H groups in total. The standard InChI is InChI=1S/C17H24N2O2.ClH/c1-21-16-7-2-13(3-8-16)4-9-17(20)19-14-5-6-15(19)12-18-11-10-14;/h2-3,7-8,14-15,18H,4-6,9-12H2,1H3;1H. The van der Waals surface area contributed by atoms with Gasteiger partial charge in [-0.15, -0.1) is 12.4 Å². The van der Waals surface area contributed by atoms with Crippen molar-refractivity contribution in [3.05, 3.63) is 29.8 Å². The Kier molecular flexibility index (Phi) is 6.09. The first kappa shape index (κ1) is 17.1. The van der Waals surface area contributed by atoms with Gasteiger partial charge in [0, 0.05) is 25.0 Å². The Bertz CT molecular complexity index is 478. The van der Waals surface area contributed by atoms with Gasteiger partial charge in [0.2, 0.25) is 5.91 Å². The van der Waals surface area contributed by atoms with E-state index in [9.17, 15) is 4.79 Å². The highest BCUT2D eigenvalue weighted by atomic mass is 35.5. The first-order chi connectivity index (χ1) is 10.3. The Morgan fingerprint density at radius 3 is 2.68 bits per heavy atom. The van der Waals surface area contributed by atoms with Crippen molar-refractivity contribution in [2.45, 2.75) is 44.2 Å². The molecule has 5 heteroatoms. The Hall–Kier alpha value is -1.26. The third-order valence-corrected chi connectivity index (χ3v) is 4.73. The first-order valence-corrected chi connectivity index (χ1v) is 7.93. The lowest BCUT2D eigenvalue weighted by Gasteiger charge is -2.28. The number of aryl methyl sites for hydroxylation is 1. The zero-order chi connectivity index (χ0) is 14.7. The molecule has 2 aliphatic heterocycles. The van der Waals surface area contributed by atoms with E-state index in [-0.39, 0.29) is 12.4 Å². The SMILES string of the molecule is COc1ccc(CCC(=O)N2C3CCNCC2CC3)cc1.Cl. The van der Waals surface area contributed by atoms with E-state index in [0.29, 0.717) is 24.4 Å². The van der Waals surface area contributed by atoms with Crippen molar-refractivity contribution in [2.75, 3.05) is 20.2 Å². The van der Waals surface area contributed by atoms with Gasteiger partial charge in [-0.2, -0.15) is 0 Å². The van der Waals surface area contributed by atoms with Gasteiger partial charge in [0.25, 0.3) is 0 Å². The number of carbonyl (C=O) groups excluding carboxylic acids is 1. The highest BCUT2D eigenvalue weighted by Crippen LogP contribution is 2.28. The van der Waals surface area contributed by atoms with Crippen LogP contribution in [0.4, 0.5) is 0 Å². The smallest absolute Gasteiger partial charge is 0.223 e. The number of methoxy groups -OCH3 is 1. The van der Waals surface area contributed by atoms with Gasteiger partial charge in [-0.1, -0.05) is 12.1 Å². The summed E-state index contributed by atoms with van der Waals surface area (Å²) in [5, 5.41) is 3.44. The molecular weight excluding hydrogens is 300 g/mol. The van der Waals surface area contributed by atoms with Crippen LogP contribution < -0.4 is 10.1 Å². The normalized spacial score (nSPS) is 23.6. The molecule has 2 fully saturated rings. The molecule has 1 aromatic carbocycles. The van der Waals surface area contributed by atoms with E-state index >= 15 is 0 Å². The minimum Gasteiger partial charge on any atom is -0.497 e. The lowest BCUT2D eigenvalue weighted by atomic mass is 10.1. The summed E-state index contributed by atoms with van der Waals surface area (Å²) in [6.07, 6.45) is 4.86. The molecule has 2 saturated heterocycles. The maximum Gasteiger partial charge on any atom is 0.223 e. The molecule has 0 radical (unpaired) electrons. The predicted octanol–water partition coefficient (Wildman–Crippen LogP) is 2.40. The summed E-state index contributed by atoms with van der Waals surface area (Å²) >= 11 is 0. The number of hydrogen-bond acceptors (Lipinski definition) is 3. The summed E-state index contributed by atoms with van der Waals surface area (Å²) in [5.74, 6) is 1.18. The summed E-state index contributed by atoms with van der Waals surface area (Å²) in [7, 11) is 1.67. The van der Waals surface area contributed by atoms with Crippen molar-refractivity contribution in [3.8, 4) is 5.75 Å². The number of rotatable bonds is 4. The fraction of sp³-hybridized carbons (Fsp3) is 0.588. The molecule has 0 saturated carbocycles. The molecule has 0 aromatic heterocycles. The maximum atomic E-state index is 12.6. The monoisotopic (exact) mass is 324 g/mol. The molecular formula is C17H25ClN2O2. The fourth-order valence-corrected chi connectivity index (χ4v) is 3.56. The van der Waals surface area contributed by atoms with Gasteiger partial charge in [-0.3, -0.25) is 4.79 Å². The largest absolute Gasteiger partial charge is 0.497 e. The average molecular weight is 325 g/mol. The number of halogens is 1. The van der Waals surface area contributed by atoms with E-state index in [1.54, 1.807) is 7.11 Å². The second-order valence-corrected chi connectivity index (χ2v) is 6.03. The molecule has 4 nitrogen and oxygen atoms in total. The molecule has 1 amide bonds. The van der Waals surface area contributed by atoms with Crippen LogP contribution in [-0.4, -0.2) is 43.1 Å². The maximum absolute atomic E-state index is 12.6. The lowest BCUT2D eigenvalue weighted by Crippen LogP contribution is -2.42. The molecule has 3 rings (SSSR count). The van der Waals surface area contributed by atoms with Gasteiger partial charge in [-0.25, -0.2) is 0 Å². The Morgan fingerprint density at radius 2 is 1.95 bits per heavy atom. The number of amides is 1. The van der Waals surface area contributed by atoms with Crippen molar-refractivity contribution in [2.24, 2.45) is 0 Å². The van der Waals surface area contributed by atoms with Crippen molar-refractivity contribution >= 4 is 18.3 Å². The molecule has 22 heavy (non-hydrogen) atoms. The highest BCUT2D eigenvalue weighted by molar-refractivity contribution is 5.85. The van der Waals surface area contributed by atoms with E-state index < -0.39 is 0 Å². The third kappa shape index (κ3) is 3.73. The predicted molar refractivity (Wildman–Crippen MR) is 89.7 cm³/mol. The Labute approximate surface area is 138 Å². The summed E-state index contributed by atoms with van der Waals surface area (Å²) in [4.78, 5) is 14.8. The average Bonchev–Trinajstić information content (AvgIpc) is 2.78. The van der Waals surface area contributed by atoms with Crippen LogP contribution in [0.3, 0.4) is 0 Å². The molecule has 2 bridgehead atoms. The van der Waals surface area contributed by atoms with Crippen LogP contribution in [0.1, 0.15) is 31.2 Å². The molecule has 0 aliphatic carbocycles. The third-order valence-electron chi connectivity index (χ3n) is 4.73. The Morgan fingerprint density at radius 1 is 1.23 bits per heavy atom. The van der Waals surface area contributed by atoms with Gasteiger partial charge in [0.15, 0.2) is 0 Å². The van der Waals surface area contributed by atoms with Crippen molar-refractivity contribution < 1.29 is 9.53 Å². The second kappa shape index (κ2) is 7.84. The number of carbonyl (C=O) groups is 1. The highest BCUT2D eigenvalue weighted by Gasteiger charge is 2.37. The van der Waals surface area contributed by atoms with Crippen molar-refractivity contribution in [3.63, 3.8) is 0 Å². The zero-order valence-corrected chi connectivity index (χ0v) is 13.9. The van der Waals surface area contributed by atoms with Crippen LogP contribution in [0.5, 0.6) is 5.75 Å². The fourth-order valence-electron chi connectivity index (χ4n) is 3.56. The topological polar surface area (TPSA) is 41.6 Å². The number of nitrogens with one attached hydrogen (secondary N) is 1. The number of ether oxygens (including phenoxy) is 1. The second-order valence-electron chi connectivity index (χ2n) is 6.03. The van der Waals surface area contributed by atoms with E-state index in [1.165, 1.54) is 12.0 Å². The molecule has 2 atom stereocenters. The van der Waals surface area contributed by atoms with Gasteiger partial charge in [0.05, 0.1) is 7.11 Å². The van der Waals surface area contributed by atoms with Gasteiger partial charge < -0.3 is 15.0 Å². The summed E-state index contributed by atoms with van der Waals surface area (Å²) in [6, 6.07) is 8.89. The molecule has 2 unspecified atom stereocenters. The first-order valence-electron chi connectivity index (χ1n) is 7.93. The van der Waals surface area contributed by atoms with E-state index in [4.69, 9.17) is 4.74 Å². The summed E-state index contributed by atoms with van der Waals surface area (Å²) in [6.45, 7) is 2.01. The Balaban J connectivity index is 0.00000176. The molecule has 2 aliphatic rings. The van der Waals surface area contributed by atoms with E-state index in [0.717, 1.165) is 38.1 Å². The van der Waals surface area contributed by atoms with Gasteiger partial charge in [-0.05, 0) is 49.9 Å². The number of fused-ring (bicyclic) bond motifs is 2. The summed E-state index contributed by atoms with van der Waals surface area (Å²) < 4.78 is 5.16. The van der Waals surface area contributed by atoms with Crippen LogP contribution in [0, 0.1) is 0 Å². The van der Waals surface area contributed by atoms with Crippen LogP contribution in [0.25, 0.3) is 0 Å². The summed E-state index contributed by atoms with van der Waals surface area (Å²) in [5.41, 5.74) is 1.20. The van der Waals surface area contributed by atoms with Crippen LogP contribution in [0.15, 0.2) is 24.3 Å². The zero-order valence-electron chi connectivity index (χ0n) is 13.1. The van der Waals surface area contributed by atoms with Crippen LogP contribution in [0.2, 0.25) is 0 Å². The van der Waals surface area contributed by atoms with E-state index in [2.05, 4.69) is 10.2 Å². The minimum atomic E-state index is 0. The minimum absolute atomic E-state index is 0. The molecule has 0 spiro atoms. The lowest BCUT2D eigenvalue weighted by molar-refractivity contribution is -0.133. The number of nitrogens with zero attached hydrogens (tertiary/aromatic N) is 1. The van der Waals surface area contributed by atoms with Gasteiger partial charge in [0.1, 0.15) is 5.75 Å². The number of hydrogen-bond donors (Lipinski definition) is 1. The quantitative estimate of drug-likeness (QED) is 0.924. The van der Waals surface area contributed by atoms with Crippen LogP contribution >= 0.6 is 12.4 Å². The van der Waals surface area contributed by atoms with Crippen molar-refractivity contribution in [1.29, 1.82) is 0 Å². The van der Waals surface area contributed by atoms with E-state index in [1.807, 2.05) is 24.3 Å². The van der Waals surface area contributed by atoms with Crippen molar-refractivity contribution in [1.82, 2.24) is 10.2 Å². The molecule has 1 aromatic rings. The number of benzene rings is 1. The van der Waals surface area contributed by atoms with Crippen LogP contribution in [-0.2, 0) is 11.2 Å².